The quantitative estimate of drug-likeness (QED) is 0.885. The third-order valence-electron chi connectivity index (χ3n) is 2.88. The van der Waals surface area contributed by atoms with E-state index in [0.29, 0.717) is 17.2 Å². The number of hydrogen-bond acceptors (Lipinski definition) is 5. The Bertz CT molecular complexity index is 652. The van der Waals surface area contributed by atoms with Gasteiger partial charge in [0.25, 0.3) is 0 Å². The number of carboxylic acids is 1. The third-order valence-corrected chi connectivity index (χ3v) is 2.88. The molecule has 0 saturated carbocycles. The summed E-state index contributed by atoms with van der Waals surface area (Å²) in [6, 6.07) is 6.74. The molecule has 0 bridgehead atoms. The average Bonchev–Trinajstić information content (AvgIpc) is 2.85. The second-order valence-electron chi connectivity index (χ2n) is 4.13. The van der Waals surface area contributed by atoms with Gasteiger partial charge in [-0.05, 0) is 36.8 Å². The molecular formula is C13H10N2O4. The summed E-state index contributed by atoms with van der Waals surface area (Å²) in [7, 11) is 0. The van der Waals surface area contributed by atoms with Gasteiger partial charge in [0.05, 0.1) is 5.69 Å². The molecule has 0 amide bonds. The zero-order valence-electron chi connectivity index (χ0n) is 10.1. The fraction of sp³-hybridized carbons (Fsp3) is 0.154. The molecule has 0 fully saturated rings. The normalized spacial score (nSPS) is 12.5. The number of aromatic carboxylic acids is 1. The Morgan fingerprint density at radius 3 is 2.58 bits per heavy atom. The average molecular weight is 258 g/mol. The minimum atomic E-state index is -1.10. The van der Waals surface area contributed by atoms with E-state index in [0.717, 1.165) is 11.1 Å². The number of nitrogens with zero attached hydrogens (tertiary/aromatic N) is 2. The summed E-state index contributed by atoms with van der Waals surface area (Å²) in [5.41, 5.74) is 2.32. The molecule has 1 aliphatic heterocycles. The molecule has 2 aromatic rings. The first kappa shape index (κ1) is 11.5. The fourth-order valence-corrected chi connectivity index (χ4v) is 1.91. The van der Waals surface area contributed by atoms with Gasteiger partial charge in [-0.15, -0.1) is 10.2 Å². The monoisotopic (exact) mass is 258 g/mol. The number of carbonyl (C=O) groups is 1. The molecule has 0 aliphatic carbocycles. The van der Waals surface area contributed by atoms with Gasteiger partial charge < -0.3 is 14.6 Å². The first-order valence-corrected chi connectivity index (χ1v) is 5.63. The molecule has 0 unspecified atom stereocenters. The van der Waals surface area contributed by atoms with Gasteiger partial charge in [-0.3, -0.25) is 0 Å². The van der Waals surface area contributed by atoms with Crippen LogP contribution in [0.15, 0.2) is 24.3 Å². The summed E-state index contributed by atoms with van der Waals surface area (Å²) < 4.78 is 10.6. The molecule has 6 heteroatoms. The van der Waals surface area contributed by atoms with E-state index >= 15 is 0 Å². The summed E-state index contributed by atoms with van der Waals surface area (Å²) in [5, 5.41) is 16.4. The van der Waals surface area contributed by atoms with Crippen molar-refractivity contribution in [2.75, 3.05) is 6.79 Å². The van der Waals surface area contributed by atoms with Crippen LogP contribution in [0.1, 0.15) is 16.1 Å². The predicted molar refractivity (Wildman–Crippen MR) is 65.3 cm³/mol. The topological polar surface area (TPSA) is 81.5 Å². The van der Waals surface area contributed by atoms with Gasteiger partial charge in [0.1, 0.15) is 0 Å². The van der Waals surface area contributed by atoms with E-state index in [9.17, 15) is 4.79 Å². The van der Waals surface area contributed by atoms with Crippen LogP contribution < -0.4 is 9.47 Å². The molecule has 1 N–H and O–H groups in total. The van der Waals surface area contributed by atoms with E-state index in [1.807, 2.05) is 19.1 Å². The van der Waals surface area contributed by atoms with E-state index < -0.39 is 5.97 Å². The maximum absolute atomic E-state index is 10.7. The van der Waals surface area contributed by atoms with E-state index in [1.54, 1.807) is 6.07 Å². The molecule has 6 nitrogen and oxygen atoms in total. The van der Waals surface area contributed by atoms with Gasteiger partial charge in [0.15, 0.2) is 17.2 Å². The lowest BCUT2D eigenvalue weighted by Crippen LogP contribution is -2.02. The zero-order chi connectivity index (χ0) is 13.4. The van der Waals surface area contributed by atoms with Crippen LogP contribution in [0.4, 0.5) is 0 Å². The van der Waals surface area contributed by atoms with Crippen LogP contribution in [-0.4, -0.2) is 28.1 Å². The third kappa shape index (κ3) is 1.97. The van der Waals surface area contributed by atoms with Gasteiger partial charge >= 0.3 is 5.97 Å². The summed E-state index contributed by atoms with van der Waals surface area (Å²) in [4.78, 5) is 10.7. The number of aromatic nitrogens is 2. The molecule has 1 aliphatic rings. The highest BCUT2D eigenvalue weighted by molar-refractivity contribution is 5.85. The van der Waals surface area contributed by atoms with Crippen molar-refractivity contribution in [3.63, 3.8) is 0 Å². The summed E-state index contributed by atoms with van der Waals surface area (Å²) in [5.74, 6) is 0.266. The van der Waals surface area contributed by atoms with Gasteiger partial charge in [-0.25, -0.2) is 4.79 Å². The molecule has 0 atom stereocenters. The lowest BCUT2D eigenvalue weighted by molar-refractivity contribution is 0.0689. The van der Waals surface area contributed by atoms with Gasteiger partial charge in [-0.1, -0.05) is 0 Å². The Kier molecular flexibility index (Phi) is 2.56. The summed E-state index contributed by atoms with van der Waals surface area (Å²) >= 11 is 0. The lowest BCUT2D eigenvalue weighted by Gasteiger charge is -2.06. The highest BCUT2D eigenvalue weighted by atomic mass is 16.7. The maximum atomic E-state index is 10.7. The first-order valence-electron chi connectivity index (χ1n) is 5.63. The Balaban J connectivity index is 2.04. The lowest BCUT2D eigenvalue weighted by atomic mass is 10.0. The molecule has 0 radical (unpaired) electrons. The SMILES string of the molecule is Cc1cc2c(cc1-c1ccc(C(=O)O)nn1)OCO2. The Labute approximate surface area is 108 Å². The molecule has 0 saturated heterocycles. The molecule has 96 valence electrons. The van der Waals surface area contributed by atoms with Crippen molar-refractivity contribution in [1.82, 2.24) is 10.2 Å². The Hall–Kier alpha value is -2.63. The Morgan fingerprint density at radius 2 is 1.95 bits per heavy atom. The second kappa shape index (κ2) is 4.24. The molecule has 0 spiro atoms. The second-order valence-corrected chi connectivity index (χ2v) is 4.13. The number of hydrogen-bond donors (Lipinski definition) is 1. The van der Waals surface area contributed by atoms with Gasteiger partial charge in [-0.2, -0.15) is 0 Å². The number of ether oxygens (including phenoxy) is 2. The minimum Gasteiger partial charge on any atom is -0.476 e. The van der Waals surface area contributed by atoms with Crippen molar-refractivity contribution in [3.8, 4) is 22.8 Å². The van der Waals surface area contributed by atoms with Crippen LogP contribution in [0.3, 0.4) is 0 Å². The first-order chi connectivity index (χ1) is 9.15. The van der Waals surface area contributed by atoms with Crippen molar-refractivity contribution in [2.45, 2.75) is 6.92 Å². The van der Waals surface area contributed by atoms with Crippen molar-refractivity contribution in [1.29, 1.82) is 0 Å². The standard InChI is InChI=1S/C13H10N2O4/c1-7-4-11-12(19-6-18-11)5-8(7)9-2-3-10(13(16)17)15-14-9/h2-5H,6H2,1H3,(H,16,17). The minimum absolute atomic E-state index is 0.0813. The van der Waals surface area contributed by atoms with E-state index in [-0.39, 0.29) is 12.5 Å². The van der Waals surface area contributed by atoms with Crippen LogP contribution in [0, 0.1) is 6.92 Å². The van der Waals surface area contributed by atoms with Crippen LogP contribution in [-0.2, 0) is 0 Å². The van der Waals surface area contributed by atoms with Crippen LogP contribution in [0.2, 0.25) is 0 Å². The van der Waals surface area contributed by atoms with Crippen LogP contribution in [0.5, 0.6) is 11.5 Å². The number of aryl methyl sites for hydroxylation is 1. The summed E-state index contributed by atoms with van der Waals surface area (Å²) in [6.45, 7) is 2.13. The largest absolute Gasteiger partial charge is 0.476 e. The van der Waals surface area contributed by atoms with Crippen LogP contribution in [0.25, 0.3) is 11.3 Å². The fourth-order valence-electron chi connectivity index (χ4n) is 1.91. The highest BCUT2D eigenvalue weighted by Gasteiger charge is 2.17. The zero-order valence-corrected chi connectivity index (χ0v) is 10.1. The molecule has 1 aromatic heterocycles. The Morgan fingerprint density at radius 1 is 1.21 bits per heavy atom. The summed E-state index contributed by atoms with van der Waals surface area (Å²) in [6.07, 6.45) is 0. The van der Waals surface area contributed by atoms with Crippen molar-refractivity contribution in [2.24, 2.45) is 0 Å². The highest BCUT2D eigenvalue weighted by Crippen LogP contribution is 2.37. The van der Waals surface area contributed by atoms with E-state index in [4.69, 9.17) is 14.6 Å². The van der Waals surface area contributed by atoms with E-state index in [1.165, 1.54) is 6.07 Å². The molecule has 1 aromatic carbocycles. The molecular weight excluding hydrogens is 248 g/mol. The van der Waals surface area contributed by atoms with Crippen LogP contribution >= 0.6 is 0 Å². The number of benzene rings is 1. The molecule has 3 rings (SSSR count). The predicted octanol–water partition coefficient (Wildman–Crippen LogP) is 1.88. The van der Waals surface area contributed by atoms with Gasteiger partial charge in [0.2, 0.25) is 6.79 Å². The number of rotatable bonds is 2. The molecule has 2 heterocycles. The van der Waals surface area contributed by atoms with Crippen molar-refractivity contribution < 1.29 is 19.4 Å². The molecule has 19 heavy (non-hydrogen) atoms. The van der Waals surface area contributed by atoms with E-state index in [2.05, 4.69) is 10.2 Å². The number of carboxylic acid groups (broad SMARTS) is 1. The smallest absolute Gasteiger partial charge is 0.356 e. The van der Waals surface area contributed by atoms with Crippen molar-refractivity contribution >= 4 is 5.97 Å². The van der Waals surface area contributed by atoms with Crippen molar-refractivity contribution in [3.05, 3.63) is 35.5 Å². The maximum Gasteiger partial charge on any atom is 0.356 e. The number of fused-ring (bicyclic) bond motifs is 1. The van der Waals surface area contributed by atoms with Gasteiger partial charge in [0, 0.05) is 5.56 Å².